The van der Waals surface area contributed by atoms with Crippen LogP contribution in [0, 0.1) is 0 Å². The Balaban J connectivity index is 2.06. The summed E-state index contributed by atoms with van der Waals surface area (Å²) in [4.78, 5) is 11.7. The minimum absolute atomic E-state index is 0.0490. The third-order valence-electron chi connectivity index (χ3n) is 1.87. The highest BCUT2D eigenvalue weighted by Crippen LogP contribution is 2.31. The smallest absolute Gasteiger partial charge is 0.253 e. The van der Waals surface area contributed by atoms with E-state index >= 15 is 0 Å². The van der Waals surface area contributed by atoms with E-state index in [1.165, 1.54) is 11.3 Å². The fourth-order valence-electron chi connectivity index (χ4n) is 1.08. The van der Waals surface area contributed by atoms with Crippen molar-refractivity contribution in [3.63, 3.8) is 0 Å². The Morgan fingerprint density at radius 3 is 2.71 bits per heavy atom. The van der Waals surface area contributed by atoms with Gasteiger partial charge in [-0.25, -0.2) is 0 Å². The van der Waals surface area contributed by atoms with Crippen molar-refractivity contribution in [3.8, 4) is 0 Å². The molecular formula is C8H7Br2NO2S. The maximum absolute atomic E-state index is 11.7. The van der Waals surface area contributed by atoms with E-state index in [4.69, 9.17) is 4.74 Å². The van der Waals surface area contributed by atoms with E-state index < -0.39 is 0 Å². The lowest BCUT2D eigenvalue weighted by atomic mass is 10.2. The molecule has 0 radical (unpaired) electrons. The first-order valence-electron chi connectivity index (χ1n) is 4.00. The molecule has 3 nitrogen and oxygen atoms in total. The number of amides is 1. The summed E-state index contributed by atoms with van der Waals surface area (Å²) in [5, 5.41) is 2.88. The molecule has 0 bridgehead atoms. The van der Waals surface area contributed by atoms with E-state index in [0.29, 0.717) is 18.8 Å². The van der Waals surface area contributed by atoms with Crippen LogP contribution in [0.3, 0.4) is 0 Å². The lowest BCUT2D eigenvalue weighted by molar-refractivity contribution is -0.00346. The summed E-state index contributed by atoms with van der Waals surface area (Å²) in [7, 11) is 0. The van der Waals surface area contributed by atoms with Gasteiger partial charge < -0.3 is 10.1 Å². The van der Waals surface area contributed by atoms with Crippen molar-refractivity contribution in [1.29, 1.82) is 0 Å². The maximum atomic E-state index is 11.7. The number of carbonyl (C=O) groups is 1. The second-order valence-corrected chi connectivity index (χ2v) is 6.70. The van der Waals surface area contributed by atoms with Crippen molar-refractivity contribution in [1.82, 2.24) is 5.32 Å². The van der Waals surface area contributed by atoms with E-state index in [2.05, 4.69) is 37.2 Å². The average molecular weight is 341 g/mol. The highest BCUT2D eigenvalue weighted by molar-refractivity contribution is 9.12. The molecule has 1 aromatic heterocycles. The molecule has 1 aromatic rings. The van der Waals surface area contributed by atoms with Crippen LogP contribution in [0.1, 0.15) is 10.4 Å². The maximum Gasteiger partial charge on any atom is 0.253 e. The monoisotopic (exact) mass is 339 g/mol. The van der Waals surface area contributed by atoms with E-state index in [-0.39, 0.29) is 11.9 Å². The predicted molar refractivity (Wildman–Crippen MR) is 61.8 cm³/mol. The first-order chi connectivity index (χ1) is 6.66. The highest BCUT2D eigenvalue weighted by Gasteiger charge is 2.22. The van der Waals surface area contributed by atoms with Crippen LogP contribution in [0.15, 0.2) is 13.6 Å². The van der Waals surface area contributed by atoms with Crippen molar-refractivity contribution < 1.29 is 9.53 Å². The molecule has 0 aromatic carbocycles. The third-order valence-corrected chi connectivity index (χ3v) is 4.21. The van der Waals surface area contributed by atoms with Gasteiger partial charge in [0.25, 0.3) is 5.91 Å². The number of carbonyl (C=O) groups excluding carboxylic acids is 1. The summed E-state index contributed by atoms with van der Waals surface area (Å²) in [5.74, 6) is -0.0490. The van der Waals surface area contributed by atoms with Crippen molar-refractivity contribution in [2.24, 2.45) is 0 Å². The lowest BCUT2D eigenvalue weighted by Gasteiger charge is -2.26. The van der Waals surface area contributed by atoms with Crippen LogP contribution in [0.25, 0.3) is 0 Å². The molecule has 1 saturated heterocycles. The lowest BCUT2D eigenvalue weighted by Crippen LogP contribution is -2.48. The van der Waals surface area contributed by atoms with E-state index in [9.17, 15) is 4.79 Å². The van der Waals surface area contributed by atoms with E-state index in [0.717, 1.165) is 7.57 Å². The summed E-state index contributed by atoms with van der Waals surface area (Å²) in [6.07, 6.45) is 0. The molecule has 1 aliphatic heterocycles. The third kappa shape index (κ3) is 2.18. The molecule has 2 rings (SSSR count). The molecule has 0 aliphatic carbocycles. The molecule has 0 spiro atoms. The van der Waals surface area contributed by atoms with Crippen molar-refractivity contribution in [2.45, 2.75) is 6.04 Å². The minimum Gasteiger partial charge on any atom is -0.377 e. The first-order valence-corrected chi connectivity index (χ1v) is 6.40. The van der Waals surface area contributed by atoms with Gasteiger partial charge in [0, 0.05) is 0 Å². The van der Waals surface area contributed by atoms with Gasteiger partial charge in [0.2, 0.25) is 0 Å². The summed E-state index contributed by atoms with van der Waals surface area (Å²) in [6.45, 7) is 1.24. The topological polar surface area (TPSA) is 38.3 Å². The number of ether oxygens (including phenoxy) is 1. The molecule has 1 aliphatic rings. The number of halogens is 2. The molecule has 14 heavy (non-hydrogen) atoms. The summed E-state index contributed by atoms with van der Waals surface area (Å²) in [6, 6.07) is 1.98. The van der Waals surface area contributed by atoms with Crippen LogP contribution < -0.4 is 5.32 Å². The molecule has 76 valence electrons. The van der Waals surface area contributed by atoms with Crippen molar-refractivity contribution in [2.75, 3.05) is 13.2 Å². The fraction of sp³-hybridized carbons (Fsp3) is 0.375. The molecule has 2 heterocycles. The standard InChI is InChI=1S/C8H7Br2NO2S/c9-6-1-5(7(10)14-6)8(12)11-4-2-13-3-4/h1,4H,2-3H2,(H,11,12). The van der Waals surface area contributed by atoms with E-state index in [1.54, 1.807) is 0 Å². The molecule has 1 fully saturated rings. The number of hydrogen-bond acceptors (Lipinski definition) is 3. The van der Waals surface area contributed by atoms with Gasteiger partial charge in [-0.05, 0) is 37.9 Å². The zero-order chi connectivity index (χ0) is 10.1. The normalized spacial score (nSPS) is 16.4. The minimum atomic E-state index is -0.0490. The van der Waals surface area contributed by atoms with Gasteiger partial charge in [-0.1, -0.05) is 0 Å². The Morgan fingerprint density at radius 1 is 1.57 bits per heavy atom. The van der Waals surface area contributed by atoms with Crippen LogP contribution in [0.2, 0.25) is 0 Å². The molecule has 0 unspecified atom stereocenters. The molecule has 1 N–H and O–H groups in total. The van der Waals surface area contributed by atoms with Crippen molar-refractivity contribution in [3.05, 3.63) is 19.2 Å². The van der Waals surface area contributed by atoms with Gasteiger partial charge in [-0.2, -0.15) is 0 Å². The Morgan fingerprint density at radius 2 is 2.29 bits per heavy atom. The van der Waals surface area contributed by atoms with Crippen LogP contribution in [-0.4, -0.2) is 25.2 Å². The van der Waals surface area contributed by atoms with Crippen LogP contribution in [0.5, 0.6) is 0 Å². The second kappa shape index (κ2) is 4.30. The van der Waals surface area contributed by atoms with Gasteiger partial charge in [0.15, 0.2) is 0 Å². The Kier molecular flexibility index (Phi) is 3.26. The Labute approximate surface area is 102 Å². The number of thiophene rings is 1. The number of nitrogens with one attached hydrogen (secondary N) is 1. The molecule has 6 heteroatoms. The van der Waals surface area contributed by atoms with Crippen molar-refractivity contribution >= 4 is 49.1 Å². The quantitative estimate of drug-likeness (QED) is 0.897. The summed E-state index contributed by atoms with van der Waals surface area (Å²) in [5.41, 5.74) is 0.675. The Hall–Kier alpha value is 0.0900. The molecule has 1 amide bonds. The zero-order valence-corrected chi connectivity index (χ0v) is 11.0. The summed E-state index contributed by atoms with van der Waals surface area (Å²) >= 11 is 8.17. The van der Waals surface area contributed by atoms with Crippen LogP contribution >= 0.6 is 43.2 Å². The molecular weight excluding hydrogens is 334 g/mol. The average Bonchev–Trinajstić information content (AvgIpc) is 2.37. The van der Waals surface area contributed by atoms with Crippen LogP contribution in [0.4, 0.5) is 0 Å². The predicted octanol–water partition coefficient (Wildman–Crippen LogP) is 2.40. The molecule has 0 atom stereocenters. The number of rotatable bonds is 2. The van der Waals surface area contributed by atoms with Gasteiger partial charge in [0.1, 0.15) is 0 Å². The van der Waals surface area contributed by atoms with Gasteiger partial charge in [0.05, 0.1) is 32.4 Å². The second-order valence-electron chi connectivity index (χ2n) is 2.95. The van der Waals surface area contributed by atoms with Gasteiger partial charge in [-0.3, -0.25) is 4.79 Å². The first kappa shape index (κ1) is 10.6. The van der Waals surface area contributed by atoms with Gasteiger partial charge >= 0.3 is 0 Å². The fourth-order valence-corrected chi connectivity index (χ4v) is 3.87. The largest absolute Gasteiger partial charge is 0.377 e. The van der Waals surface area contributed by atoms with E-state index in [1.807, 2.05) is 6.07 Å². The Bertz CT molecular complexity index is 362. The molecule has 0 saturated carbocycles. The van der Waals surface area contributed by atoms with Gasteiger partial charge in [-0.15, -0.1) is 11.3 Å². The summed E-state index contributed by atoms with van der Waals surface area (Å²) < 4.78 is 6.77. The zero-order valence-electron chi connectivity index (χ0n) is 7.05. The SMILES string of the molecule is O=C(NC1COC1)c1cc(Br)sc1Br. The van der Waals surface area contributed by atoms with Crippen LogP contribution in [-0.2, 0) is 4.74 Å². The highest BCUT2D eigenvalue weighted by atomic mass is 79.9. The number of hydrogen-bond donors (Lipinski definition) is 1.